The predicted octanol–water partition coefficient (Wildman–Crippen LogP) is 2.47. The van der Waals surface area contributed by atoms with E-state index in [0.717, 1.165) is 13.0 Å². The number of nitrogens with one attached hydrogen (secondary N) is 1. The molecule has 18 heavy (non-hydrogen) atoms. The molecule has 0 aromatic heterocycles. The molecule has 2 unspecified atom stereocenters. The van der Waals surface area contributed by atoms with Gasteiger partial charge in [0.15, 0.2) is 0 Å². The Morgan fingerprint density at radius 3 is 2.61 bits per heavy atom. The molecule has 1 aliphatic carbocycles. The lowest BCUT2D eigenvalue weighted by Crippen LogP contribution is -2.40. The molecule has 2 N–H and O–H groups in total. The van der Waals surface area contributed by atoms with Gasteiger partial charge in [-0.15, -0.1) is 0 Å². The second-order valence-electron chi connectivity index (χ2n) is 6.44. The Morgan fingerprint density at radius 2 is 2.00 bits per heavy atom. The van der Waals surface area contributed by atoms with Crippen molar-refractivity contribution in [3.05, 3.63) is 0 Å². The van der Waals surface area contributed by atoms with Crippen LogP contribution >= 0.6 is 0 Å². The highest BCUT2D eigenvalue weighted by Gasteiger charge is 2.41. The van der Waals surface area contributed by atoms with E-state index in [-0.39, 0.29) is 12.2 Å². The minimum atomic E-state index is 0.247. The normalized spacial score (nSPS) is 28.3. The Balaban J connectivity index is 1.74. The van der Waals surface area contributed by atoms with Crippen LogP contribution in [0.1, 0.15) is 58.8 Å². The summed E-state index contributed by atoms with van der Waals surface area (Å²) in [5.41, 5.74) is 0.247. The van der Waals surface area contributed by atoms with E-state index in [9.17, 15) is 0 Å². The van der Waals surface area contributed by atoms with Crippen molar-refractivity contribution in [3.63, 3.8) is 0 Å². The van der Waals surface area contributed by atoms with Crippen LogP contribution < -0.4 is 5.32 Å². The van der Waals surface area contributed by atoms with Gasteiger partial charge in [-0.05, 0) is 38.0 Å². The first-order chi connectivity index (χ1) is 8.65. The third-order valence-electron chi connectivity index (χ3n) is 4.71. The third-order valence-corrected chi connectivity index (χ3v) is 4.71. The monoisotopic (exact) mass is 255 g/mol. The molecular formula is C15H29NO2. The molecule has 0 radical (unpaired) electrons. The molecule has 1 saturated heterocycles. The lowest BCUT2D eigenvalue weighted by atomic mass is 9.98. The molecule has 0 aromatic carbocycles. The van der Waals surface area contributed by atoms with Gasteiger partial charge < -0.3 is 15.2 Å². The Morgan fingerprint density at radius 1 is 1.28 bits per heavy atom. The lowest BCUT2D eigenvalue weighted by molar-refractivity contribution is -0.0365. The predicted molar refractivity (Wildman–Crippen MR) is 73.6 cm³/mol. The molecule has 2 fully saturated rings. The van der Waals surface area contributed by atoms with Crippen molar-refractivity contribution in [1.82, 2.24) is 5.32 Å². The van der Waals surface area contributed by atoms with Crippen molar-refractivity contribution in [2.24, 2.45) is 5.92 Å². The van der Waals surface area contributed by atoms with Crippen molar-refractivity contribution in [2.45, 2.75) is 76.5 Å². The van der Waals surface area contributed by atoms with Crippen molar-refractivity contribution in [1.29, 1.82) is 0 Å². The topological polar surface area (TPSA) is 41.5 Å². The Bertz CT molecular complexity index is 249. The largest absolute Gasteiger partial charge is 0.396 e. The summed E-state index contributed by atoms with van der Waals surface area (Å²) in [4.78, 5) is 0. The van der Waals surface area contributed by atoms with Crippen LogP contribution in [0.25, 0.3) is 0 Å². The van der Waals surface area contributed by atoms with Crippen LogP contribution in [0.5, 0.6) is 0 Å². The zero-order valence-electron chi connectivity index (χ0n) is 12.0. The van der Waals surface area contributed by atoms with Crippen LogP contribution in [-0.4, -0.2) is 36.0 Å². The number of aliphatic hydroxyl groups is 1. The van der Waals surface area contributed by atoms with Gasteiger partial charge in [-0.2, -0.15) is 0 Å². The quantitative estimate of drug-likeness (QED) is 0.766. The van der Waals surface area contributed by atoms with Crippen molar-refractivity contribution in [2.75, 3.05) is 13.2 Å². The van der Waals surface area contributed by atoms with Crippen molar-refractivity contribution >= 4 is 0 Å². The van der Waals surface area contributed by atoms with E-state index >= 15 is 0 Å². The van der Waals surface area contributed by atoms with Crippen LogP contribution in [0.4, 0.5) is 0 Å². The van der Waals surface area contributed by atoms with Gasteiger partial charge in [0.05, 0.1) is 11.7 Å². The minimum Gasteiger partial charge on any atom is -0.396 e. The highest BCUT2D eigenvalue weighted by molar-refractivity contribution is 4.93. The Labute approximate surface area is 111 Å². The van der Waals surface area contributed by atoms with Crippen LogP contribution in [0.15, 0.2) is 0 Å². The molecule has 106 valence electrons. The minimum absolute atomic E-state index is 0.247. The van der Waals surface area contributed by atoms with Crippen molar-refractivity contribution < 1.29 is 9.84 Å². The highest BCUT2D eigenvalue weighted by atomic mass is 16.5. The van der Waals surface area contributed by atoms with E-state index in [4.69, 9.17) is 9.84 Å². The van der Waals surface area contributed by atoms with Crippen LogP contribution in [0, 0.1) is 5.92 Å². The summed E-state index contributed by atoms with van der Waals surface area (Å²) in [7, 11) is 0. The standard InChI is InChI=1S/C15H29NO2/c1-12(2)14(6-10-17)16-11-13-5-9-15(18-13)7-3-4-8-15/h12-14,16-17H,3-11H2,1-2H3. The van der Waals surface area contributed by atoms with Gasteiger partial charge >= 0.3 is 0 Å². The fraction of sp³-hybridized carbons (Fsp3) is 1.00. The summed E-state index contributed by atoms with van der Waals surface area (Å²) in [5.74, 6) is 0.569. The van der Waals surface area contributed by atoms with Gasteiger partial charge in [-0.1, -0.05) is 26.7 Å². The van der Waals surface area contributed by atoms with Crippen LogP contribution in [0.2, 0.25) is 0 Å². The summed E-state index contributed by atoms with van der Waals surface area (Å²) in [6.45, 7) is 5.64. The molecule has 3 nitrogen and oxygen atoms in total. The lowest BCUT2D eigenvalue weighted by Gasteiger charge is -2.26. The smallest absolute Gasteiger partial charge is 0.0708 e. The van der Waals surface area contributed by atoms with Gasteiger partial charge in [-0.3, -0.25) is 0 Å². The first kappa shape index (κ1) is 14.3. The number of hydrogen-bond donors (Lipinski definition) is 2. The van der Waals surface area contributed by atoms with Crippen LogP contribution in [0.3, 0.4) is 0 Å². The molecular weight excluding hydrogens is 226 g/mol. The molecule has 1 spiro atoms. The van der Waals surface area contributed by atoms with Gasteiger partial charge in [0.1, 0.15) is 0 Å². The number of aliphatic hydroxyl groups excluding tert-OH is 1. The maximum Gasteiger partial charge on any atom is 0.0708 e. The van der Waals surface area contributed by atoms with Gasteiger partial charge in [0.2, 0.25) is 0 Å². The first-order valence-electron chi connectivity index (χ1n) is 7.67. The Kier molecular flexibility index (Phi) is 5.05. The van der Waals surface area contributed by atoms with E-state index in [1.807, 2.05) is 0 Å². The molecule has 2 atom stereocenters. The summed E-state index contributed by atoms with van der Waals surface area (Å²) in [6, 6.07) is 0.415. The summed E-state index contributed by atoms with van der Waals surface area (Å²) in [5, 5.41) is 12.7. The number of hydrogen-bond acceptors (Lipinski definition) is 3. The zero-order chi connectivity index (χ0) is 13.0. The van der Waals surface area contributed by atoms with Gasteiger partial charge in [-0.25, -0.2) is 0 Å². The van der Waals surface area contributed by atoms with Gasteiger partial charge in [0.25, 0.3) is 0 Å². The number of ether oxygens (including phenoxy) is 1. The second-order valence-corrected chi connectivity index (χ2v) is 6.44. The maximum absolute atomic E-state index is 9.07. The highest BCUT2D eigenvalue weighted by Crippen LogP contribution is 2.43. The van der Waals surface area contributed by atoms with E-state index in [2.05, 4.69) is 19.2 Å². The second kappa shape index (κ2) is 6.36. The SMILES string of the molecule is CC(C)C(CCO)NCC1CCC2(CCCC2)O1. The zero-order valence-corrected chi connectivity index (χ0v) is 12.0. The molecule has 2 rings (SSSR count). The average Bonchev–Trinajstić information content (AvgIpc) is 2.95. The molecule has 1 saturated carbocycles. The Hall–Kier alpha value is -0.120. The molecule has 1 heterocycles. The fourth-order valence-corrected chi connectivity index (χ4v) is 3.52. The van der Waals surface area contributed by atoms with Crippen LogP contribution in [-0.2, 0) is 4.74 Å². The third kappa shape index (κ3) is 3.46. The summed E-state index contributed by atoms with van der Waals surface area (Å²) >= 11 is 0. The van der Waals surface area contributed by atoms with E-state index in [1.165, 1.54) is 38.5 Å². The molecule has 0 bridgehead atoms. The summed E-state index contributed by atoms with van der Waals surface area (Å²) in [6.07, 6.45) is 8.93. The number of rotatable bonds is 6. The van der Waals surface area contributed by atoms with E-state index in [0.29, 0.717) is 18.1 Å². The molecule has 2 aliphatic rings. The van der Waals surface area contributed by atoms with Gasteiger partial charge in [0, 0.05) is 19.2 Å². The molecule has 0 amide bonds. The van der Waals surface area contributed by atoms with E-state index in [1.54, 1.807) is 0 Å². The van der Waals surface area contributed by atoms with E-state index < -0.39 is 0 Å². The first-order valence-corrected chi connectivity index (χ1v) is 7.67. The molecule has 1 aliphatic heterocycles. The molecule has 3 heteroatoms. The fourth-order valence-electron chi connectivity index (χ4n) is 3.52. The average molecular weight is 255 g/mol. The maximum atomic E-state index is 9.07. The molecule has 0 aromatic rings. The van der Waals surface area contributed by atoms with Crippen molar-refractivity contribution in [3.8, 4) is 0 Å². The summed E-state index contributed by atoms with van der Waals surface area (Å²) < 4.78 is 6.29.